The molecule has 10 aromatic rings. The highest BCUT2D eigenvalue weighted by atomic mass is 32.1. The summed E-state index contributed by atoms with van der Waals surface area (Å²) in [7, 11) is 0. The molecule has 0 amide bonds. The average Bonchev–Trinajstić information content (AvgIpc) is 3.39. The summed E-state index contributed by atoms with van der Waals surface area (Å²) in [5.74, 6) is 0. The van der Waals surface area contributed by atoms with Gasteiger partial charge < -0.3 is 0 Å². The largest absolute Gasteiger partial charge is 0.135 e. The van der Waals surface area contributed by atoms with E-state index in [1.807, 2.05) is 11.3 Å². The van der Waals surface area contributed by atoms with E-state index in [0.29, 0.717) is 0 Å². The maximum atomic E-state index is 2.44. The van der Waals surface area contributed by atoms with E-state index in [0.717, 1.165) is 0 Å². The molecule has 0 saturated carbocycles. The summed E-state index contributed by atoms with van der Waals surface area (Å²) in [4.78, 5) is 0. The van der Waals surface area contributed by atoms with Crippen LogP contribution in [0.5, 0.6) is 0 Å². The molecule has 0 radical (unpaired) electrons. The summed E-state index contributed by atoms with van der Waals surface area (Å²) in [6.45, 7) is 0. The van der Waals surface area contributed by atoms with Crippen LogP contribution in [0.2, 0.25) is 0 Å². The molecule has 0 aliphatic heterocycles. The van der Waals surface area contributed by atoms with Gasteiger partial charge in [-0.15, -0.1) is 11.3 Å². The number of hydrogen-bond donors (Lipinski definition) is 0. The molecule has 1 heteroatoms. The zero-order valence-electron chi connectivity index (χ0n) is 21.0. The van der Waals surface area contributed by atoms with E-state index < -0.39 is 0 Å². The maximum absolute atomic E-state index is 2.44. The summed E-state index contributed by atoms with van der Waals surface area (Å²) in [6.07, 6.45) is 0. The van der Waals surface area contributed by atoms with Crippen molar-refractivity contribution in [1.82, 2.24) is 0 Å². The standard InChI is InChI=1S/C38H20S/c1-2-13-32-28(9-1)37-29-11-4-8-24-20-31(26-10-5-12-30(38(37)39-32)36(26)35(24)29)25-18-16-23-15-14-21-6-3-7-22-17-19-27(25)34(23)33(21)22/h1-20H. The summed E-state index contributed by atoms with van der Waals surface area (Å²) in [6, 6.07) is 45.6. The first-order valence-electron chi connectivity index (χ1n) is 13.5. The second-order valence-corrected chi connectivity index (χ2v) is 11.9. The summed E-state index contributed by atoms with van der Waals surface area (Å²) < 4.78 is 2.76. The molecule has 0 bridgehead atoms. The Morgan fingerprint density at radius 1 is 0.333 bits per heavy atom. The van der Waals surface area contributed by atoms with E-state index in [1.54, 1.807) is 0 Å². The molecular formula is C38H20S. The van der Waals surface area contributed by atoms with Gasteiger partial charge in [0.15, 0.2) is 0 Å². The minimum atomic E-state index is 1.31. The molecule has 0 nitrogen and oxygen atoms in total. The fourth-order valence-electron chi connectivity index (χ4n) is 7.34. The third kappa shape index (κ3) is 2.45. The van der Waals surface area contributed by atoms with Crippen LogP contribution in [0.25, 0.3) is 95.9 Å². The fourth-order valence-corrected chi connectivity index (χ4v) is 8.59. The van der Waals surface area contributed by atoms with E-state index in [9.17, 15) is 0 Å². The molecule has 0 atom stereocenters. The Kier molecular flexibility index (Phi) is 3.65. The smallest absolute Gasteiger partial charge is 0.0440 e. The van der Waals surface area contributed by atoms with Crippen LogP contribution in [-0.4, -0.2) is 0 Å². The summed E-state index contributed by atoms with van der Waals surface area (Å²) in [5, 5.41) is 18.9. The van der Waals surface area contributed by atoms with E-state index >= 15 is 0 Å². The second kappa shape index (κ2) is 7.02. The van der Waals surface area contributed by atoms with Gasteiger partial charge in [-0.1, -0.05) is 109 Å². The Morgan fingerprint density at radius 2 is 0.949 bits per heavy atom. The number of hydrogen-bond acceptors (Lipinski definition) is 1. The number of rotatable bonds is 1. The monoisotopic (exact) mass is 508 g/mol. The highest BCUT2D eigenvalue weighted by molar-refractivity contribution is 7.27. The molecule has 1 aromatic heterocycles. The highest BCUT2D eigenvalue weighted by Gasteiger charge is 2.20. The third-order valence-electron chi connectivity index (χ3n) is 8.93. The Balaban J connectivity index is 1.43. The topological polar surface area (TPSA) is 0 Å². The minimum absolute atomic E-state index is 1.31. The molecule has 0 spiro atoms. The van der Waals surface area contributed by atoms with Crippen LogP contribution in [0.1, 0.15) is 0 Å². The SMILES string of the molecule is c1cc2ccc3ccc(-c4cc5cccc6c7c8ccccc8sc7c7cccc4c7c56)c4ccc(c1)c2c34. The molecule has 0 fully saturated rings. The zero-order chi connectivity index (χ0) is 25.2. The predicted octanol–water partition coefficient (Wildman–Crippen LogP) is 11.5. The first-order chi connectivity index (χ1) is 19.3. The summed E-state index contributed by atoms with van der Waals surface area (Å²) >= 11 is 1.93. The van der Waals surface area contributed by atoms with Crippen LogP contribution in [0.3, 0.4) is 0 Å². The molecule has 39 heavy (non-hydrogen) atoms. The molecule has 0 N–H and O–H groups in total. The van der Waals surface area contributed by atoms with Crippen LogP contribution in [0.15, 0.2) is 121 Å². The normalized spacial score (nSPS) is 12.6. The molecule has 0 aliphatic rings. The third-order valence-corrected chi connectivity index (χ3v) is 10.1. The van der Waals surface area contributed by atoms with Crippen molar-refractivity contribution in [1.29, 1.82) is 0 Å². The van der Waals surface area contributed by atoms with Gasteiger partial charge >= 0.3 is 0 Å². The van der Waals surface area contributed by atoms with E-state index in [4.69, 9.17) is 0 Å². The molecule has 0 saturated heterocycles. The molecule has 178 valence electrons. The predicted molar refractivity (Wildman–Crippen MR) is 172 cm³/mol. The zero-order valence-corrected chi connectivity index (χ0v) is 21.8. The molecule has 0 unspecified atom stereocenters. The van der Waals surface area contributed by atoms with Crippen molar-refractivity contribution in [2.75, 3.05) is 0 Å². The van der Waals surface area contributed by atoms with Crippen LogP contribution < -0.4 is 0 Å². The van der Waals surface area contributed by atoms with Crippen molar-refractivity contribution in [3.8, 4) is 11.1 Å². The number of thiophene rings is 1. The quantitative estimate of drug-likeness (QED) is 0.193. The van der Waals surface area contributed by atoms with Crippen LogP contribution in [0, 0.1) is 0 Å². The minimum Gasteiger partial charge on any atom is -0.135 e. The lowest BCUT2D eigenvalue weighted by Gasteiger charge is -2.18. The van der Waals surface area contributed by atoms with Gasteiger partial charge in [-0.25, -0.2) is 0 Å². The maximum Gasteiger partial charge on any atom is 0.0440 e. The molecule has 9 aromatic carbocycles. The Bertz CT molecular complexity index is 2580. The first-order valence-corrected chi connectivity index (χ1v) is 14.3. The van der Waals surface area contributed by atoms with Gasteiger partial charge in [0.2, 0.25) is 0 Å². The second-order valence-electron chi connectivity index (χ2n) is 10.8. The van der Waals surface area contributed by atoms with Crippen molar-refractivity contribution in [3.05, 3.63) is 121 Å². The van der Waals surface area contributed by atoms with E-state index in [2.05, 4.69) is 121 Å². The lowest BCUT2D eigenvalue weighted by Crippen LogP contribution is -1.91. The van der Waals surface area contributed by atoms with Crippen molar-refractivity contribution in [3.63, 3.8) is 0 Å². The van der Waals surface area contributed by atoms with Crippen LogP contribution in [-0.2, 0) is 0 Å². The van der Waals surface area contributed by atoms with Crippen molar-refractivity contribution < 1.29 is 0 Å². The van der Waals surface area contributed by atoms with Gasteiger partial charge in [-0.2, -0.15) is 0 Å². The van der Waals surface area contributed by atoms with Crippen molar-refractivity contribution in [2.45, 2.75) is 0 Å². The van der Waals surface area contributed by atoms with Gasteiger partial charge in [0.05, 0.1) is 0 Å². The highest BCUT2D eigenvalue weighted by Crippen LogP contribution is 2.49. The fraction of sp³-hybridized carbons (Fsp3) is 0. The van der Waals surface area contributed by atoms with Crippen molar-refractivity contribution in [2.24, 2.45) is 0 Å². The van der Waals surface area contributed by atoms with Gasteiger partial charge in [0.25, 0.3) is 0 Å². The lowest BCUT2D eigenvalue weighted by atomic mass is 9.85. The Hall–Kier alpha value is -4.72. The molecule has 1 heterocycles. The van der Waals surface area contributed by atoms with Gasteiger partial charge in [-0.05, 0) is 82.5 Å². The molecular weight excluding hydrogens is 488 g/mol. The van der Waals surface area contributed by atoms with E-state index in [-0.39, 0.29) is 0 Å². The van der Waals surface area contributed by atoms with E-state index in [1.165, 1.54) is 95.9 Å². The van der Waals surface area contributed by atoms with Crippen molar-refractivity contribution >= 4 is 96.1 Å². The van der Waals surface area contributed by atoms with Gasteiger partial charge in [0.1, 0.15) is 0 Å². The van der Waals surface area contributed by atoms with Crippen LogP contribution >= 0.6 is 11.3 Å². The molecule has 10 rings (SSSR count). The van der Waals surface area contributed by atoms with Gasteiger partial charge in [-0.3, -0.25) is 0 Å². The van der Waals surface area contributed by atoms with Gasteiger partial charge in [0, 0.05) is 25.6 Å². The number of fused-ring (bicyclic) bond motifs is 5. The Labute approximate surface area is 228 Å². The lowest BCUT2D eigenvalue weighted by molar-refractivity contribution is 1.73. The average molecular weight is 509 g/mol. The van der Waals surface area contributed by atoms with Crippen LogP contribution in [0.4, 0.5) is 0 Å². The first kappa shape index (κ1) is 20.3. The summed E-state index contributed by atoms with van der Waals surface area (Å²) in [5.41, 5.74) is 2.63. The number of benzene rings is 9. The molecule has 0 aliphatic carbocycles. The Morgan fingerprint density at radius 3 is 1.87 bits per heavy atom.